The fraction of sp³-hybridized carbons (Fsp3) is 0.556. The Morgan fingerprint density at radius 1 is 1.09 bits per heavy atom. The summed E-state index contributed by atoms with van der Waals surface area (Å²) < 4.78 is 0. The van der Waals surface area contributed by atoms with Crippen LogP contribution in [0.3, 0.4) is 0 Å². The lowest BCUT2D eigenvalue weighted by Gasteiger charge is -2.24. The first-order valence-electron chi connectivity index (χ1n) is 9.75. The molecule has 4 amide bonds. The van der Waals surface area contributed by atoms with E-state index in [9.17, 15) is 29.1 Å². The van der Waals surface area contributed by atoms with Crippen molar-refractivity contribution in [1.82, 2.24) is 25.9 Å². The van der Waals surface area contributed by atoms with Crippen LogP contribution in [0.4, 0.5) is 0 Å². The number of rotatable bonds is 13. The van der Waals surface area contributed by atoms with Crippen molar-refractivity contribution in [3.63, 3.8) is 0 Å². The number of H-pyrrole nitrogens is 1. The highest BCUT2D eigenvalue weighted by atomic mass is 16.4. The minimum atomic E-state index is -1.56. The third-order valence-corrected chi connectivity index (χ3v) is 4.45. The first-order valence-corrected chi connectivity index (χ1v) is 9.75. The number of nitrogens with zero attached hydrogens (tertiary/aromatic N) is 1. The zero-order chi connectivity index (χ0) is 24.4. The maximum absolute atomic E-state index is 12.7. The molecule has 0 radical (unpaired) electrons. The topological polar surface area (TPSA) is 243 Å². The van der Waals surface area contributed by atoms with Crippen LogP contribution in [0, 0.1) is 0 Å². The average molecular weight is 455 g/mol. The molecule has 1 rings (SSSR count). The number of aliphatic carboxylic acids is 1. The van der Waals surface area contributed by atoms with Gasteiger partial charge >= 0.3 is 5.97 Å². The second-order valence-corrected chi connectivity index (χ2v) is 7.25. The zero-order valence-corrected chi connectivity index (χ0v) is 17.7. The third kappa shape index (κ3) is 8.69. The highest BCUT2D eigenvalue weighted by Gasteiger charge is 2.30. The monoisotopic (exact) mass is 455 g/mol. The van der Waals surface area contributed by atoms with Gasteiger partial charge in [0, 0.05) is 24.7 Å². The number of aliphatic hydroxyl groups is 1. The Morgan fingerprint density at radius 3 is 2.25 bits per heavy atom. The van der Waals surface area contributed by atoms with E-state index in [0.29, 0.717) is 5.69 Å². The molecule has 0 saturated heterocycles. The summed E-state index contributed by atoms with van der Waals surface area (Å²) in [7, 11) is 0. The van der Waals surface area contributed by atoms with Crippen molar-refractivity contribution in [1.29, 1.82) is 0 Å². The summed E-state index contributed by atoms with van der Waals surface area (Å²) in [5.74, 6) is -4.38. The van der Waals surface area contributed by atoms with Gasteiger partial charge in [0.1, 0.15) is 12.1 Å². The molecule has 5 atom stereocenters. The number of carboxylic acids is 1. The van der Waals surface area contributed by atoms with E-state index in [2.05, 4.69) is 25.9 Å². The molecular formula is C18H29N7O7. The lowest BCUT2D eigenvalue weighted by atomic mass is 10.1. The Hall–Kier alpha value is -3.52. The summed E-state index contributed by atoms with van der Waals surface area (Å²) >= 11 is 0. The fourth-order valence-corrected chi connectivity index (χ4v) is 2.58. The minimum Gasteiger partial charge on any atom is -0.480 e. The second kappa shape index (κ2) is 12.4. The highest BCUT2D eigenvalue weighted by molar-refractivity contribution is 5.94. The van der Waals surface area contributed by atoms with E-state index in [1.165, 1.54) is 26.4 Å². The normalized spacial score (nSPS) is 15.5. The number of carbonyl (C=O) groups excluding carboxylic acids is 4. The van der Waals surface area contributed by atoms with Crippen LogP contribution in [0.15, 0.2) is 12.5 Å². The molecule has 0 fully saturated rings. The van der Waals surface area contributed by atoms with Crippen LogP contribution in [0.25, 0.3) is 0 Å². The number of carbonyl (C=O) groups is 5. The minimum absolute atomic E-state index is 0.0140. The highest BCUT2D eigenvalue weighted by Crippen LogP contribution is 2.03. The number of aromatic amines is 1. The predicted molar refractivity (Wildman–Crippen MR) is 109 cm³/mol. The van der Waals surface area contributed by atoms with Crippen molar-refractivity contribution < 1.29 is 34.2 Å². The van der Waals surface area contributed by atoms with E-state index in [0.717, 1.165) is 0 Å². The van der Waals surface area contributed by atoms with Crippen molar-refractivity contribution in [2.45, 2.75) is 63.4 Å². The number of nitrogens with one attached hydrogen (secondary N) is 4. The molecule has 1 heterocycles. The van der Waals surface area contributed by atoms with Gasteiger partial charge in [-0.1, -0.05) is 0 Å². The van der Waals surface area contributed by atoms with Crippen molar-refractivity contribution in [3.8, 4) is 0 Å². The standard InChI is InChI=1S/C18H29N7O7/c1-8(15(28)25-14(9(2)26)18(31)32)23-17(30)12(5-10-6-21-7-22-10)24-16(29)11(19)3-4-13(20)27/h6-9,11-12,14,26H,3-5,19H2,1-2H3,(H2,20,27)(H,21,22)(H,23,30)(H,24,29)(H,25,28)(H,31,32). The van der Waals surface area contributed by atoms with Gasteiger partial charge < -0.3 is 42.6 Å². The molecule has 0 saturated carbocycles. The van der Waals surface area contributed by atoms with Gasteiger partial charge in [-0.2, -0.15) is 0 Å². The smallest absolute Gasteiger partial charge is 0.328 e. The van der Waals surface area contributed by atoms with Gasteiger partial charge in [0.2, 0.25) is 23.6 Å². The number of aromatic nitrogens is 2. The van der Waals surface area contributed by atoms with Crippen LogP contribution >= 0.6 is 0 Å². The van der Waals surface area contributed by atoms with Gasteiger partial charge in [-0.3, -0.25) is 19.2 Å². The lowest BCUT2D eigenvalue weighted by Crippen LogP contribution is -2.58. The van der Waals surface area contributed by atoms with E-state index in [1.807, 2.05) is 0 Å². The Balaban J connectivity index is 2.84. The molecule has 0 aliphatic carbocycles. The lowest BCUT2D eigenvalue weighted by molar-refractivity contribution is -0.145. The average Bonchev–Trinajstić information content (AvgIpc) is 3.21. The summed E-state index contributed by atoms with van der Waals surface area (Å²) in [4.78, 5) is 66.0. The van der Waals surface area contributed by atoms with Crippen molar-refractivity contribution in [3.05, 3.63) is 18.2 Å². The van der Waals surface area contributed by atoms with Crippen molar-refractivity contribution >= 4 is 29.6 Å². The molecule has 0 bridgehead atoms. The molecule has 0 aliphatic heterocycles. The van der Waals surface area contributed by atoms with Crippen LogP contribution in [-0.2, 0) is 30.4 Å². The number of amides is 4. The number of hydrogen-bond acceptors (Lipinski definition) is 8. The van der Waals surface area contributed by atoms with Gasteiger partial charge in [0.05, 0.1) is 18.5 Å². The van der Waals surface area contributed by atoms with E-state index < -0.39 is 59.9 Å². The first-order chi connectivity index (χ1) is 14.9. The molecule has 1 aromatic rings. The quantitative estimate of drug-likeness (QED) is 0.147. The van der Waals surface area contributed by atoms with Crippen molar-refractivity contribution in [2.75, 3.05) is 0 Å². The molecular weight excluding hydrogens is 426 g/mol. The van der Waals surface area contributed by atoms with Crippen LogP contribution in [0.1, 0.15) is 32.4 Å². The molecule has 14 nitrogen and oxygen atoms in total. The molecule has 1 aromatic heterocycles. The SMILES string of the molecule is CC(NC(=O)C(Cc1cnc[nH]1)NC(=O)C(N)CCC(N)=O)C(=O)NC(C(=O)O)C(C)O. The molecule has 0 aromatic carbocycles. The maximum Gasteiger partial charge on any atom is 0.328 e. The largest absolute Gasteiger partial charge is 0.480 e. The van der Waals surface area contributed by atoms with E-state index >= 15 is 0 Å². The molecule has 0 aliphatic rings. The second-order valence-electron chi connectivity index (χ2n) is 7.25. The summed E-state index contributed by atoms with van der Waals surface area (Å²) in [6, 6.07) is -5.01. The van der Waals surface area contributed by atoms with Gasteiger partial charge in [-0.05, 0) is 20.3 Å². The molecule has 0 spiro atoms. The van der Waals surface area contributed by atoms with Gasteiger partial charge in [-0.25, -0.2) is 9.78 Å². The summed E-state index contributed by atoms with van der Waals surface area (Å²) in [6.45, 7) is 2.50. The maximum atomic E-state index is 12.7. The van der Waals surface area contributed by atoms with Crippen LogP contribution in [-0.4, -0.2) is 80.1 Å². The molecule has 5 unspecified atom stereocenters. The summed E-state index contributed by atoms with van der Waals surface area (Å²) in [6.07, 6.45) is 1.30. The van der Waals surface area contributed by atoms with Crippen LogP contribution < -0.4 is 27.4 Å². The third-order valence-electron chi connectivity index (χ3n) is 4.45. The number of carboxylic acid groups (broad SMARTS) is 1. The summed E-state index contributed by atoms with van der Waals surface area (Å²) in [5.41, 5.74) is 11.3. The van der Waals surface area contributed by atoms with E-state index in [1.54, 1.807) is 0 Å². The van der Waals surface area contributed by atoms with Crippen LogP contribution in [0.5, 0.6) is 0 Å². The Labute approximate surface area is 183 Å². The fourth-order valence-electron chi connectivity index (χ4n) is 2.58. The number of primary amides is 1. The Morgan fingerprint density at radius 2 is 1.75 bits per heavy atom. The Bertz CT molecular complexity index is 813. The Kier molecular flexibility index (Phi) is 10.2. The van der Waals surface area contributed by atoms with E-state index in [4.69, 9.17) is 16.6 Å². The number of nitrogens with two attached hydrogens (primary N) is 2. The number of hydrogen-bond donors (Lipinski definition) is 8. The first kappa shape index (κ1) is 26.5. The number of aliphatic hydroxyl groups excluding tert-OH is 1. The van der Waals surface area contributed by atoms with Gasteiger partial charge in [-0.15, -0.1) is 0 Å². The molecule has 178 valence electrons. The number of imidazole rings is 1. The van der Waals surface area contributed by atoms with E-state index in [-0.39, 0.29) is 19.3 Å². The zero-order valence-electron chi connectivity index (χ0n) is 17.7. The molecule has 10 N–H and O–H groups in total. The van der Waals surface area contributed by atoms with Crippen molar-refractivity contribution in [2.24, 2.45) is 11.5 Å². The summed E-state index contributed by atoms with van der Waals surface area (Å²) in [5, 5.41) is 25.5. The molecule has 32 heavy (non-hydrogen) atoms. The van der Waals surface area contributed by atoms with Gasteiger partial charge in [0.15, 0.2) is 6.04 Å². The predicted octanol–water partition coefficient (Wildman–Crippen LogP) is -3.52. The molecule has 14 heteroatoms. The van der Waals surface area contributed by atoms with Crippen LogP contribution in [0.2, 0.25) is 0 Å². The van der Waals surface area contributed by atoms with Gasteiger partial charge in [0.25, 0.3) is 0 Å².